The highest BCUT2D eigenvalue weighted by Gasteiger charge is 1.96. The van der Waals surface area contributed by atoms with E-state index in [4.69, 9.17) is 0 Å². The fourth-order valence-corrected chi connectivity index (χ4v) is 1.21. The van der Waals surface area contributed by atoms with E-state index in [0.29, 0.717) is 0 Å². The first-order valence-electron chi connectivity index (χ1n) is 5.63. The number of benzene rings is 1. The van der Waals surface area contributed by atoms with E-state index in [2.05, 4.69) is 43.1 Å². The third-order valence-electron chi connectivity index (χ3n) is 2.14. The van der Waals surface area contributed by atoms with Crippen molar-refractivity contribution in [3.05, 3.63) is 42.0 Å². The molecule has 0 aliphatic rings. The first kappa shape index (κ1) is 13.9. The molecule has 0 aliphatic carbocycles. The third kappa shape index (κ3) is 5.38. The predicted molar refractivity (Wildman–Crippen MR) is 70.1 cm³/mol. The summed E-state index contributed by atoms with van der Waals surface area (Å²) in [5.74, 6) is 0. The lowest BCUT2D eigenvalue weighted by Gasteiger charge is -2.05. The van der Waals surface area contributed by atoms with Gasteiger partial charge in [-0.3, -0.25) is 0 Å². The number of nitrogens with one attached hydrogen (secondary N) is 1. The standard InChI is InChI=1S/C12H17N.C2H6/c1-10-4-6-12(7-5-10)11(2)8-9-13-3;1-2/h4-7,13H,2,8-9H2,1,3H3;1-2H3. The van der Waals surface area contributed by atoms with Crippen molar-refractivity contribution in [1.29, 1.82) is 0 Å². The summed E-state index contributed by atoms with van der Waals surface area (Å²) in [5.41, 5.74) is 3.75. The van der Waals surface area contributed by atoms with Gasteiger partial charge in [0.1, 0.15) is 0 Å². The molecule has 84 valence electrons. The highest BCUT2D eigenvalue weighted by atomic mass is 14.8. The highest BCUT2D eigenvalue weighted by Crippen LogP contribution is 2.15. The van der Waals surface area contributed by atoms with Gasteiger partial charge >= 0.3 is 0 Å². The molecule has 1 heteroatoms. The van der Waals surface area contributed by atoms with E-state index in [1.54, 1.807) is 0 Å². The van der Waals surface area contributed by atoms with Crippen LogP contribution in [0.25, 0.3) is 5.57 Å². The van der Waals surface area contributed by atoms with Crippen molar-refractivity contribution in [3.63, 3.8) is 0 Å². The average molecular weight is 205 g/mol. The molecule has 1 nitrogen and oxygen atoms in total. The topological polar surface area (TPSA) is 12.0 Å². The Balaban J connectivity index is 0.000000921. The molecule has 0 saturated heterocycles. The molecule has 0 bridgehead atoms. The zero-order valence-corrected chi connectivity index (χ0v) is 10.4. The maximum atomic E-state index is 4.05. The van der Waals surface area contributed by atoms with Gasteiger partial charge in [0.2, 0.25) is 0 Å². The quantitative estimate of drug-likeness (QED) is 0.791. The molecule has 0 unspecified atom stereocenters. The molecule has 0 spiro atoms. The van der Waals surface area contributed by atoms with Crippen molar-refractivity contribution in [2.75, 3.05) is 13.6 Å². The average Bonchev–Trinajstić information content (AvgIpc) is 2.29. The molecule has 0 radical (unpaired) electrons. The van der Waals surface area contributed by atoms with Crippen molar-refractivity contribution in [2.24, 2.45) is 0 Å². The summed E-state index contributed by atoms with van der Waals surface area (Å²) in [4.78, 5) is 0. The Hall–Kier alpha value is -1.08. The van der Waals surface area contributed by atoms with E-state index in [0.717, 1.165) is 13.0 Å². The van der Waals surface area contributed by atoms with Crippen LogP contribution in [0.15, 0.2) is 30.8 Å². The van der Waals surface area contributed by atoms with E-state index in [9.17, 15) is 0 Å². The smallest absolute Gasteiger partial charge is 0.00114 e. The van der Waals surface area contributed by atoms with E-state index in [1.807, 2.05) is 20.9 Å². The van der Waals surface area contributed by atoms with Crippen LogP contribution in [-0.2, 0) is 0 Å². The van der Waals surface area contributed by atoms with Crippen LogP contribution in [0.5, 0.6) is 0 Å². The molecule has 0 heterocycles. The number of aryl methyl sites for hydroxylation is 1. The second-order valence-electron chi connectivity index (χ2n) is 3.32. The molecular weight excluding hydrogens is 182 g/mol. The molecule has 1 aromatic rings. The highest BCUT2D eigenvalue weighted by molar-refractivity contribution is 5.63. The Morgan fingerprint density at radius 3 is 2.20 bits per heavy atom. The van der Waals surface area contributed by atoms with E-state index in [-0.39, 0.29) is 0 Å². The summed E-state index contributed by atoms with van der Waals surface area (Å²) < 4.78 is 0. The summed E-state index contributed by atoms with van der Waals surface area (Å²) in [6.07, 6.45) is 1.01. The van der Waals surface area contributed by atoms with Crippen molar-refractivity contribution < 1.29 is 0 Å². The van der Waals surface area contributed by atoms with Crippen LogP contribution >= 0.6 is 0 Å². The normalized spacial score (nSPS) is 9.07. The van der Waals surface area contributed by atoms with Crippen molar-refractivity contribution in [3.8, 4) is 0 Å². The van der Waals surface area contributed by atoms with Crippen molar-refractivity contribution >= 4 is 5.57 Å². The molecule has 0 saturated carbocycles. The lowest BCUT2D eigenvalue weighted by Crippen LogP contribution is -2.07. The van der Waals surface area contributed by atoms with Gasteiger partial charge in [0.25, 0.3) is 0 Å². The van der Waals surface area contributed by atoms with Gasteiger partial charge in [-0.05, 0) is 38.1 Å². The summed E-state index contributed by atoms with van der Waals surface area (Å²) in [6, 6.07) is 8.51. The maximum Gasteiger partial charge on any atom is -0.00114 e. The van der Waals surface area contributed by atoms with Gasteiger partial charge in [-0.1, -0.05) is 50.3 Å². The largest absolute Gasteiger partial charge is 0.319 e. The Labute approximate surface area is 94.2 Å². The van der Waals surface area contributed by atoms with Gasteiger partial charge in [-0.25, -0.2) is 0 Å². The molecule has 0 amide bonds. The van der Waals surface area contributed by atoms with Gasteiger partial charge in [-0.15, -0.1) is 0 Å². The first-order chi connectivity index (χ1) is 7.24. The van der Waals surface area contributed by atoms with Gasteiger partial charge in [-0.2, -0.15) is 0 Å². The zero-order chi connectivity index (χ0) is 11.7. The predicted octanol–water partition coefficient (Wildman–Crippen LogP) is 3.64. The monoisotopic (exact) mass is 205 g/mol. The van der Waals surface area contributed by atoms with Gasteiger partial charge < -0.3 is 5.32 Å². The van der Waals surface area contributed by atoms with Crippen LogP contribution in [0.2, 0.25) is 0 Å². The molecule has 0 atom stereocenters. The second kappa shape index (κ2) is 8.25. The fourth-order valence-electron chi connectivity index (χ4n) is 1.21. The summed E-state index contributed by atoms with van der Waals surface area (Å²) in [7, 11) is 1.96. The lowest BCUT2D eigenvalue weighted by molar-refractivity contribution is 0.816. The maximum absolute atomic E-state index is 4.05. The number of rotatable bonds is 4. The zero-order valence-electron chi connectivity index (χ0n) is 10.4. The Kier molecular flexibility index (Phi) is 7.65. The minimum atomic E-state index is 0.993. The molecule has 1 rings (SSSR count). The molecule has 0 fully saturated rings. The van der Waals surface area contributed by atoms with Crippen LogP contribution in [0, 0.1) is 6.92 Å². The lowest BCUT2D eigenvalue weighted by atomic mass is 10.0. The fraction of sp³-hybridized carbons (Fsp3) is 0.429. The van der Waals surface area contributed by atoms with E-state index in [1.165, 1.54) is 16.7 Å². The van der Waals surface area contributed by atoms with Crippen molar-refractivity contribution in [1.82, 2.24) is 5.32 Å². The van der Waals surface area contributed by atoms with Crippen LogP contribution in [0.4, 0.5) is 0 Å². The molecular formula is C14H23N. The summed E-state index contributed by atoms with van der Waals surface area (Å²) >= 11 is 0. The van der Waals surface area contributed by atoms with Gasteiger partial charge in [0.15, 0.2) is 0 Å². The van der Waals surface area contributed by atoms with Crippen LogP contribution in [0.1, 0.15) is 31.4 Å². The Bertz CT molecular complexity index is 272. The first-order valence-corrected chi connectivity index (χ1v) is 5.63. The van der Waals surface area contributed by atoms with Crippen LogP contribution in [0.3, 0.4) is 0 Å². The third-order valence-corrected chi connectivity index (χ3v) is 2.14. The number of hydrogen-bond donors (Lipinski definition) is 1. The second-order valence-corrected chi connectivity index (χ2v) is 3.32. The van der Waals surface area contributed by atoms with Crippen LogP contribution in [-0.4, -0.2) is 13.6 Å². The minimum Gasteiger partial charge on any atom is -0.319 e. The van der Waals surface area contributed by atoms with Gasteiger partial charge in [0, 0.05) is 0 Å². The number of hydrogen-bond acceptors (Lipinski definition) is 1. The molecule has 0 aliphatic heterocycles. The Morgan fingerprint density at radius 1 is 1.20 bits per heavy atom. The molecule has 1 aromatic carbocycles. The Morgan fingerprint density at radius 2 is 1.73 bits per heavy atom. The van der Waals surface area contributed by atoms with Gasteiger partial charge in [0.05, 0.1) is 0 Å². The summed E-state index contributed by atoms with van der Waals surface area (Å²) in [6.45, 7) is 11.1. The summed E-state index contributed by atoms with van der Waals surface area (Å²) in [5, 5.41) is 3.12. The van der Waals surface area contributed by atoms with E-state index < -0.39 is 0 Å². The van der Waals surface area contributed by atoms with Crippen LogP contribution < -0.4 is 5.32 Å². The molecule has 15 heavy (non-hydrogen) atoms. The SMILES string of the molecule is C=C(CCNC)c1ccc(C)cc1.CC. The molecule has 0 aromatic heterocycles. The van der Waals surface area contributed by atoms with Crippen molar-refractivity contribution in [2.45, 2.75) is 27.2 Å². The van der Waals surface area contributed by atoms with E-state index >= 15 is 0 Å². The minimum absolute atomic E-state index is 0.993. The molecule has 1 N–H and O–H groups in total.